The van der Waals surface area contributed by atoms with Crippen LogP contribution in [0, 0.1) is 17.8 Å². The Bertz CT molecular complexity index is 2540. The molecule has 0 aromatic heterocycles. The fourth-order valence-corrected chi connectivity index (χ4v) is 7.93. The van der Waals surface area contributed by atoms with Crippen LogP contribution in [0.4, 0.5) is 0 Å². The Labute approximate surface area is 479 Å². The number of amides is 6. The predicted octanol–water partition coefficient (Wildman–Crippen LogP) is -1.66. The van der Waals surface area contributed by atoms with Gasteiger partial charge in [-0.15, -0.1) is 0 Å². The van der Waals surface area contributed by atoms with Gasteiger partial charge in [0.25, 0.3) is 17.7 Å². The Morgan fingerprint density at radius 1 is 0.405 bits per heavy atom. The molecule has 0 radical (unpaired) electrons. The summed E-state index contributed by atoms with van der Waals surface area (Å²) in [7, 11) is 0. The quantitative estimate of drug-likeness (QED) is 0.0325. The van der Waals surface area contributed by atoms with Crippen molar-refractivity contribution in [1.29, 1.82) is 0 Å². The molecule has 6 atom stereocenters. The summed E-state index contributed by atoms with van der Waals surface area (Å²) in [4.78, 5) is 204. The van der Waals surface area contributed by atoms with Crippen LogP contribution >= 0.6 is 0 Å². The summed E-state index contributed by atoms with van der Waals surface area (Å²) >= 11 is 0. The molecule has 0 heterocycles. The molecule has 466 valence electrons. The molecule has 32 heteroatoms. The van der Waals surface area contributed by atoms with Crippen LogP contribution in [0.15, 0.2) is 18.2 Å². The van der Waals surface area contributed by atoms with Crippen molar-refractivity contribution in [2.75, 3.05) is 52.6 Å². The van der Waals surface area contributed by atoms with E-state index in [0.717, 1.165) is 12.1 Å². The third kappa shape index (κ3) is 30.9. The zero-order valence-corrected chi connectivity index (χ0v) is 46.0. The van der Waals surface area contributed by atoms with Crippen molar-refractivity contribution in [1.82, 2.24) is 31.9 Å². The highest BCUT2D eigenvalue weighted by Gasteiger charge is 2.36. The molecular weight excluding hydrogens is 1120 g/mol. The van der Waals surface area contributed by atoms with Crippen LogP contribution < -0.4 is 37.6 Å². The van der Waals surface area contributed by atoms with E-state index in [0.29, 0.717) is 13.2 Å². The van der Waals surface area contributed by atoms with Crippen LogP contribution in [0.2, 0.25) is 0 Å². The molecule has 0 fully saturated rings. The van der Waals surface area contributed by atoms with E-state index < -0.39 is 233 Å². The average Bonchev–Trinajstić information content (AvgIpc) is 3.53. The van der Waals surface area contributed by atoms with Gasteiger partial charge in [0, 0.05) is 112 Å². The van der Waals surface area contributed by atoms with E-state index in [4.69, 9.17) is 20.3 Å². The molecule has 0 spiro atoms. The summed E-state index contributed by atoms with van der Waals surface area (Å²) in [5, 5.41) is 79.7. The van der Waals surface area contributed by atoms with E-state index in [1.54, 1.807) is 6.92 Å². The van der Waals surface area contributed by atoms with E-state index in [-0.39, 0.29) is 49.6 Å². The van der Waals surface area contributed by atoms with E-state index in [1.807, 2.05) is 5.32 Å². The minimum absolute atomic E-state index is 0.0296. The molecule has 0 aliphatic rings. The van der Waals surface area contributed by atoms with Gasteiger partial charge in [-0.1, -0.05) is 0 Å². The Balaban J connectivity index is 3.65. The van der Waals surface area contributed by atoms with E-state index >= 15 is 0 Å². The Kier molecular flexibility index (Phi) is 34.5. The van der Waals surface area contributed by atoms with Gasteiger partial charge in [0.1, 0.15) is 6.54 Å². The molecule has 1 aromatic rings. The topological polar surface area (TPSA) is 531 Å². The van der Waals surface area contributed by atoms with Gasteiger partial charge in [-0.3, -0.25) is 76.7 Å². The van der Waals surface area contributed by atoms with Crippen molar-refractivity contribution < 1.29 is 122 Å². The number of carbonyl (C=O) groups is 16. The number of benzene rings is 1. The number of carbonyl (C=O) groups excluding carboxylic acids is 9. The highest BCUT2D eigenvalue weighted by atomic mass is 16.5. The number of hydrogen-bond acceptors (Lipinski definition) is 19. The number of hydrogen-bond donors (Lipinski definition) is 14. The normalized spacial score (nSPS) is 13.0. The van der Waals surface area contributed by atoms with E-state index in [9.17, 15) is 107 Å². The number of Topliss-reactive ketones (excluding diaryl/α,β-unsaturated/α-hetero) is 3. The van der Waals surface area contributed by atoms with Gasteiger partial charge in [-0.25, -0.2) is 0 Å². The molecule has 32 nitrogen and oxygen atoms in total. The number of aliphatic carboxylic acids is 7. The average molecular weight is 1200 g/mol. The van der Waals surface area contributed by atoms with E-state index in [1.165, 1.54) is 6.07 Å². The fourth-order valence-electron chi connectivity index (χ4n) is 7.93. The van der Waals surface area contributed by atoms with Crippen molar-refractivity contribution in [3.05, 3.63) is 34.9 Å². The summed E-state index contributed by atoms with van der Waals surface area (Å²) in [6, 6.07) is -2.14. The van der Waals surface area contributed by atoms with Crippen molar-refractivity contribution >= 4 is 94.6 Å². The second-order valence-electron chi connectivity index (χ2n) is 18.9. The fraction of sp³-hybridized carbons (Fsp3) is 0.577. The minimum Gasteiger partial charge on any atom is -0.481 e. The number of carboxylic acids is 7. The molecule has 6 amide bonds. The molecule has 1 aromatic carbocycles. The van der Waals surface area contributed by atoms with Gasteiger partial charge in [-0.2, -0.15) is 0 Å². The van der Waals surface area contributed by atoms with Gasteiger partial charge in [0.2, 0.25) is 17.7 Å². The lowest BCUT2D eigenvalue weighted by Gasteiger charge is -2.26. The van der Waals surface area contributed by atoms with Crippen molar-refractivity contribution in [3.8, 4) is 0 Å². The second kappa shape index (κ2) is 39.6. The number of carboxylic acid groups (broad SMARTS) is 7. The van der Waals surface area contributed by atoms with Crippen molar-refractivity contribution in [2.45, 2.75) is 121 Å². The van der Waals surface area contributed by atoms with Gasteiger partial charge in [0.05, 0.1) is 44.6 Å². The largest absolute Gasteiger partial charge is 0.481 e. The van der Waals surface area contributed by atoms with Gasteiger partial charge in [0.15, 0.2) is 17.3 Å². The lowest BCUT2D eigenvalue weighted by atomic mass is 9.89. The first-order valence-electron chi connectivity index (χ1n) is 26.5. The first kappa shape index (κ1) is 73.2. The Morgan fingerprint density at radius 3 is 1.10 bits per heavy atom. The lowest BCUT2D eigenvalue weighted by Crippen LogP contribution is -2.48. The highest BCUT2D eigenvalue weighted by molar-refractivity contribution is 6.06. The zero-order chi connectivity index (χ0) is 63.5. The van der Waals surface area contributed by atoms with Crippen molar-refractivity contribution in [3.63, 3.8) is 0 Å². The molecule has 15 N–H and O–H groups in total. The SMILES string of the molecule is CCNC(=O)c1cc(C(=O)NCCOCCOCCN)cc(C(=O)NC(CCC(=O)O)C(=O)CC(CCC(=O)O)C(=O)NC(CCC(=O)O)C(=O)CC(CCC(=O)O)C(=O)NC(CCC(=O)O)C(=O)CC(CCC(=O)O)C(=O)NCC(=O)O)c1. The minimum atomic E-state index is -1.89. The molecular formula is C52H73N7O25. The third-order valence-corrected chi connectivity index (χ3v) is 12.3. The van der Waals surface area contributed by atoms with Gasteiger partial charge in [-0.05, 0) is 63.6 Å². The lowest BCUT2D eigenvalue weighted by molar-refractivity contribution is -0.141. The first-order valence-corrected chi connectivity index (χ1v) is 26.5. The van der Waals surface area contributed by atoms with Crippen LogP contribution in [0.1, 0.15) is 134 Å². The maximum Gasteiger partial charge on any atom is 0.322 e. The molecule has 0 bridgehead atoms. The number of ketones is 3. The van der Waals surface area contributed by atoms with Crippen LogP contribution in [0.3, 0.4) is 0 Å². The number of rotatable bonds is 47. The Hall–Kier alpha value is -8.78. The molecule has 0 saturated carbocycles. The first-order chi connectivity index (χ1) is 39.6. The summed E-state index contributed by atoms with van der Waals surface area (Å²) in [6.45, 7) is 1.81. The molecule has 84 heavy (non-hydrogen) atoms. The van der Waals surface area contributed by atoms with Gasteiger partial charge < -0.3 is 82.9 Å². The maximum atomic E-state index is 14.1. The van der Waals surface area contributed by atoms with E-state index in [2.05, 4.69) is 26.6 Å². The summed E-state index contributed by atoms with van der Waals surface area (Å²) in [5.41, 5.74) is 4.61. The third-order valence-electron chi connectivity index (χ3n) is 12.3. The summed E-state index contributed by atoms with van der Waals surface area (Å²) < 4.78 is 10.6. The number of nitrogens with two attached hydrogens (primary N) is 1. The number of nitrogens with one attached hydrogen (secondary N) is 6. The number of ether oxygens (including phenoxy) is 2. The predicted molar refractivity (Wildman–Crippen MR) is 284 cm³/mol. The zero-order valence-electron chi connectivity index (χ0n) is 46.0. The summed E-state index contributed by atoms with van der Waals surface area (Å²) in [5.74, 6) is -24.8. The molecule has 6 unspecified atom stereocenters. The highest BCUT2D eigenvalue weighted by Crippen LogP contribution is 2.22. The molecule has 1 rings (SSSR count). The maximum absolute atomic E-state index is 14.1. The van der Waals surface area contributed by atoms with Gasteiger partial charge >= 0.3 is 41.8 Å². The molecule has 0 saturated heterocycles. The van der Waals surface area contributed by atoms with Crippen LogP contribution in [-0.2, 0) is 71.8 Å². The van der Waals surface area contributed by atoms with Crippen LogP contribution in [0.5, 0.6) is 0 Å². The van der Waals surface area contributed by atoms with Crippen LogP contribution in [-0.4, -0.2) is 201 Å². The Morgan fingerprint density at radius 2 is 0.738 bits per heavy atom. The smallest absolute Gasteiger partial charge is 0.322 e. The second-order valence-corrected chi connectivity index (χ2v) is 18.9. The standard InChI is InChI=1S/C52H73N7O25/c1-2-54-48(78)31-21-32(49(79)55-16-18-84-20-19-83-17-15-53)23-33(22-31)52(82)59-36(8-14-45(73)74)39(62)26-30(5-11-42(67)68)51(81)58-35(7-13-44(71)72)38(61)25-29(4-10-41(65)66)50(80)57-34(6-12-43(69)70)37(60)24-28(3-9-40(63)64)47(77)56-27-46(75)76/h21-23,28-30,34-36H,2-20,24-27,53H2,1H3,(H,54,78)(H,55,79)(H,56,77)(H,57,80)(H,58,81)(H,59,82)(H,63,64)(H,65,66)(H,67,68)(H,69,70)(H,71,72)(H,73,74)(H,75,76). The molecule has 0 aliphatic heterocycles. The summed E-state index contributed by atoms with van der Waals surface area (Å²) in [6.07, 6.45) is -11.5. The monoisotopic (exact) mass is 1200 g/mol. The van der Waals surface area contributed by atoms with Crippen LogP contribution in [0.25, 0.3) is 0 Å². The van der Waals surface area contributed by atoms with Crippen molar-refractivity contribution in [2.24, 2.45) is 23.5 Å². The molecule has 0 aliphatic carbocycles.